The summed E-state index contributed by atoms with van der Waals surface area (Å²) in [6.07, 6.45) is 4.89. The van der Waals surface area contributed by atoms with Crippen molar-refractivity contribution in [2.75, 3.05) is 16.2 Å². The van der Waals surface area contributed by atoms with Gasteiger partial charge in [-0.05, 0) is 67.3 Å². The van der Waals surface area contributed by atoms with Gasteiger partial charge in [0.1, 0.15) is 6.61 Å². The monoisotopic (exact) mass is 711 g/mol. The minimum Gasteiger partial charge on any atom is -0.475 e. The van der Waals surface area contributed by atoms with Crippen LogP contribution < -0.4 is 14.4 Å². The van der Waals surface area contributed by atoms with Gasteiger partial charge in [0.2, 0.25) is 17.7 Å². The van der Waals surface area contributed by atoms with Crippen LogP contribution in [0.4, 0.5) is 11.8 Å². The molecule has 6 rings (SSSR count). The van der Waals surface area contributed by atoms with E-state index in [0.29, 0.717) is 30.0 Å². The van der Waals surface area contributed by atoms with E-state index in [9.17, 15) is 18.0 Å². The Bertz CT molecular complexity index is 2060. The number of nitrogens with zero attached hydrogens (tertiary/aromatic N) is 6. The van der Waals surface area contributed by atoms with E-state index < -0.39 is 22.0 Å². The van der Waals surface area contributed by atoms with Gasteiger partial charge in [-0.1, -0.05) is 58.9 Å². The number of fused-ring (bicyclic) bond motifs is 4. The van der Waals surface area contributed by atoms with Crippen molar-refractivity contribution < 1.29 is 22.7 Å². The summed E-state index contributed by atoms with van der Waals surface area (Å²) in [7, 11) is -4.21. The molecule has 12 nitrogen and oxygen atoms in total. The van der Waals surface area contributed by atoms with Gasteiger partial charge < -0.3 is 9.64 Å². The van der Waals surface area contributed by atoms with Crippen molar-refractivity contribution in [3.8, 4) is 17.1 Å². The third-order valence-electron chi connectivity index (χ3n) is 9.30. The number of sulfonamides is 1. The fourth-order valence-electron chi connectivity index (χ4n) is 6.94. The number of ether oxygens (including phenoxy) is 1. The second kappa shape index (κ2) is 14.0. The van der Waals surface area contributed by atoms with Gasteiger partial charge in [-0.25, -0.2) is 23.1 Å². The third-order valence-corrected chi connectivity index (χ3v) is 10.6. The summed E-state index contributed by atoms with van der Waals surface area (Å²) in [5, 5.41) is 0. The zero-order chi connectivity index (χ0) is 36.7. The maximum Gasteiger partial charge on any atom is 0.264 e. The highest BCUT2D eigenvalue weighted by molar-refractivity contribution is 7.92. The Morgan fingerprint density at radius 2 is 1.71 bits per heavy atom. The van der Waals surface area contributed by atoms with Gasteiger partial charge in [0.15, 0.2) is 5.82 Å². The average molecular weight is 712 g/mol. The molecule has 2 aromatic carbocycles. The maximum atomic E-state index is 14.6. The van der Waals surface area contributed by atoms with Crippen LogP contribution in [0.5, 0.6) is 5.88 Å². The molecule has 2 amide bonds. The van der Waals surface area contributed by atoms with Crippen molar-refractivity contribution in [1.82, 2.24) is 24.8 Å². The summed E-state index contributed by atoms with van der Waals surface area (Å²) in [4.78, 5) is 49.2. The number of carbonyl (C=O) groups is 2. The number of amides is 2. The predicted molar refractivity (Wildman–Crippen MR) is 195 cm³/mol. The van der Waals surface area contributed by atoms with Crippen LogP contribution in [0.25, 0.3) is 11.3 Å². The lowest BCUT2D eigenvalue weighted by molar-refractivity contribution is -0.117. The van der Waals surface area contributed by atoms with Gasteiger partial charge in [0, 0.05) is 29.7 Å². The Hall–Kier alpha value is -4.91. The second-order valence-electron chi connectivity index (χ2n) is 15.0. The molecule has 51 heavy (non-hydrogen) atoms. The molecule has 4 aromatic rings. The number of hydrogen-bond donors (Lipinski definition) is 1. The number of benzene rings is 2. The molecule has 2 aliphatic heterocycles. The number of hydrogen-bond acceptors (Lipinski definition) is 9. The molecule has 1 fully saturated rings. The number of aryl methyl sites for hydroxylation is 2. The highest BCUT2D eigenvalue weighted by atomic mass is 32.2. The third kappa shape index (κ3) is 7.88. The fraction of sp³-hybridized carbons (Fsp3) is 0.421. The topological polar surface area (TPSA) is 148 Å². The first-order chi connectivity index (χ1) is 24.1. The second-order valence-corrected chi connectivity index (χ2v) is 16.6. The molecule has 2 aliphatic rings. The van der Waals surface area contributed by atoms with Crippen LogP contribution in [0.15, 0.2) is 65.8 Å². The molecule has 4 heterocycles. The minimum absolute atomic E-state index is 0.000654. The van der Waals surface area contributed by atoms with E-state index in [0.717, 1.165) is 23.1 Å². The molecule has 0 aliphatic carbocycles. The molecule has 0 radical (unpaired) electrons. The van der Waals surface area contributed by atoms with Crippen LogP contribution in [0.3, 0.4) is 0 Å². The van der Waals surface area contributed by atoms with Gasteiger partial charge >= 0.3 is 0 Å². The smallest absolute Gasteiger partial charge is 0.264 e. The summed E-state index contributed by atoms with van der Waals surface area (Å²) in [6, 6.07) is 13.0. The Kier molecular flexibility index (Phi) is 9.86. The largest absolute Gasteiger partial charge is 0.475 e. The van der Waals surface area contributed by atoms with E-state index in [4.69, 9.17) is 9.72 Å². The molecule has 2 aromatic heterocycles. The summed E-state index contributed by atoms with van der Waals surface area (Å²) in [5.74, 6) is 0.283. The van der Waals surface area contributed by atoms with Gasteiger partial charge in [-0.15, -0.1) is 0 Å². The summed E-state index contributed by atoms with van der Waals surface area (Å²) in [5.41, 5.74) is 3.68. The Labute approximate surface area is 299 Å². The van der Waals surface area contributed by atoms with Crippen LogP contribution in [-0.2, 0) is 21.4 Å². The van der Waals surface area contributed by atoms with Crippen LogP contribution in [0.1, 0.15) is 81.1 Å². The zero-order valence-electron chi connectivity index (χ0n) is 30.2. The number of rotatable bonds is 6. The van der Waals surface area contributed by atoms with Crippen LogP contribution in [0, 0.1) is 25.2 Å². The molecular weight excluding hydrogens is 667 g/mol. The quantitative estimate of drug-likeness (QED) is 0.242. The Balaban J connectivity index is 1.46. The van der Waals surface area contributed by atoms with Crippen molar-refractivity contribution >= 4 is 33.6 Å². The Morgan fingerprint density at radius 1 is 0.980 bits per heavy atom. The first kappa shape index (κ1) is 35.9. The molecule has 0 saturated carbocycles. The molecule has 13 heteroatoms. The molecule has 4 bridgehead atoms. The van der Waals surface area contributed by atoms with Gasteiger partial charge in [-0.2, -0.15) is 4.98 Å². The average Bonchev–Trinajstić information content (AvgIpc) is 3.46. The highest BCUT2D eigenvalue weighted by Crippen LogP contribution is 2.33. The summed E-state index contributed by atoms with van der Waals surface area (Å²) < 4.78 is 36.4. The van der Waals surface area contributed by atoms with E-state index in [2.05, 4.69) is 54.3 Å². The molecule has 1 unspecified atom stereocenters. The van der Waals surface area contributed by atoms with E-state index in [-0.39, 0.29) is 58.7 Å². The first-order valence-corrected chi connectivity index (χ1v) is 18.7. The van der Waals surface area contributed by atoms with Gasteiger partial charge in [0.25, 0.3) is 15.9 Å². The molecular formula is C38H45N7O5S. The zero-order valence-corrected chi connectivity index (χ0v) is 31.0. The lowest BCUT2D eigenvalue weighted by atomic mass is 9.87. The number of anilines is 2. The van der Waals surface area contributed by atoms with Gasteiger partial charge in [-0.3, -0.25) is 19.5 Å². The van der Waals surface area contributed by atoms with Gasteiger partial charge in [0.05, 0.1) is 41.3 Å². The molecule has 1 N–H and O–H groups in total. The number of nitrogens with one attached hydrogen (secondary N) is 1. The van der Waals surface area contributed by atoms with Crippen LogP contribution >= 0.6 is 0 Å². The van der Waals surface area contributed by atoms with Crippen molar-refractivity contribution in [3.63, 3.8) is 0 Å². The summed E-state index contributed by atoms with van der Waals surface area (Å²) >= 11 is 0. The highest BCUT2D eigenvalue weighted by Gasteiger charge is 2.36. The predicted octanol–water partition coefficient (Wildman–Crippen LogP) is 6.34. The summed E-state index contributed by atoms with van der Waals surface area (Å²) in [6.45, 7) is 14.4. The number of carbonyl (C=O) groups excluding carboxylic acids is 2. The number of aromatic nitrogens is 4. The van der Waals surface area contributed by atoms with E-state index in [1.807, 2.05) is 32.0 Å². The van der Waals surface area contributed by atoms with Crippen molar-refractivity contribution in [2.45, 2.75) is 91.3 Å². The van der Waals surface area contributed by atoms with Crippen LogP contribution in [-0.4, -0.2) is 63.8 Å². The standard InChI is InChI=1S/C38H45N7O5S/c1-23(2)31-14-15-34(46)45(31)32-20-39-19-27(40-32)21-44-28(18-38(5,6)7)22-50-33-17-30(35-24(3)10-8-11-25(35)4)41-37(42-33)43-51(48,49)29-13-9-12-26(16-29)36(44)47/h8-13,16-17,19-20,23,28,31H,14-15,18,21-22H2,1-7H3,(H,41,42,43)/t28-,31?/m1/s1. The van der Waals surface area contributed by atoms with Crippen molar-refractivity contribution in [1.29, 1.82) is 0 Å². The van der Waals surface area contributed by atoms with Crippen LogP contribution in [0.2, 0.25) is 0 Å². The normalized spacial score (nSPS) is 19.2. The minimum atomic E-state index is -4.21. The van der Waals surface area contributed by atoms with E-state index >= 15 is 0 Å². The fourth-order valence-corrected chi connectivity index (χ4v) is 7.93. The molecule has 0 spiro atoms. The SMILES string of the molecule is Cc1cccc(C)c1-c1cc2nc(n1)NS(=O)(=O)c1cccc(c1)C(=O)N(Cc1cncc(N3C(=O)CCC3C(C)C)n1)[C@H](CC(C)(C)C)CO2. The molecule has 268 valence electrons. The molecule has 2 atom stereocenters. The Morgan fingerprint density at radius 3 is 2.41 bits per heavy atom. The van der Waals surface area contributed by atoms with E-state index in [1.165, 1.54) is 12.1 Å². The molecule has 1 saturated heterocycles. The maximum absolute atomic E-state index is 14.6. The lowest BCUT2D eigenvalue weighted by Crippen LogP contribution is -2.45. The lowest BCUT2D eigenvalue weighted by Gasteiger charge is -2.35. The van der Waals surface area contributed by atoms with Crippen molar-refractivity contribution in [2.24, 2.45) is 11.3 Å². The van der Waals surface area contributed by atoms with Crippen molar-refractivity contribution in [3.05, 3.63) is 83.3 Å². The first-order valence-electron chi connectivity index (χ1n) is 17.2. The van der Waals surface area contributed by atoms with E-state index in [1.54, 1.807) is 40.4 Å².